The fourth-order valence-corrected chi connectivity index (χ4v) is 4.13. The van der Waals surface area contributed by atoms with Crippen LogP contribution in [0.5, 0.6) is 0 Å². The van der Waals surface area contributed by atoms with E-state index in [0.29, 0.717) is 22.8 Å². The van der Waals surface area contributed by atoms with Crippen LogP contribution in [0.25, 0.3) is 10.2 Å². The molecule has 0 aliphatic rings. The number of fused-ring (bicyclic) bond motifs is 1. The number of rotatable bonds is 7. The lowest BCUT2D eigenvalue weighted by Crippen LogP contribution is -3.12. The van der Waals surface area contributed by atoms with Gasteiger partial charge in [-0.25, -0.2) is 9.37 Å². The Morgan fingerprint density at radius 1 is 1.19 bits per heavy atom. The molecular formula is C21H25FN3OS+. The Morgan fingerprint density at radius 2 is 1.93 bits per heavy atom. The Morgan fingerprint density at radius 3 is 2.63 bits per heavy atom. The smallest absolute Gasteiger partial charge is 0.260 e. The van der Waals surface area contributed by atoms with Gasteiger partial charge < -0.3 is 4.90 Å². The van der Waals surface area contributed by atoms with Gasteiger partial charge in [-0.3, -0.25) is 9.69 Å². The number of nitrogens with zero attached hydrogens (tertiary/aromatic N) is 2. The van der Waals surface area contributed by atoms with Crippen LogP contribution in [0.4, 0.5) is 9.52 Å². The summed E-state index contributed by atoms with van der Waals surface area (Å²) in [6, 6.07) is 12.1. The normalized spacial score (nSPS) is 11.3. The molecule has 0 saturated carbocycles. The van der Waals surface area contributed by atoms with E-state index < -0.39 is 0 Å². The molecule has 0 bridgehead atoms. The number of hydrogen-bond donors (Lipinski definition) is 1. The van der Waals surface area contributed by atoms with Crippen molar-refractivity contribution in [3.05, 3.63) is 59.4 Å². The van der Waals surface area contributed by atoms with Gasteiger partial charge in [-0.15, -0.1) is 0 Å². The van der Waals surface area contributed by atoms with E-state index >= 15 is 0 Å². The number of anilines is 1. The maximum absolute atomic E-state index is 13.6. The van der Waals surface area contributed by atoms with Crippen molar-refractivity contribution in [3.8, 4) is 0 Å². The third-order valence-electron chi connectivity index (χ3n) is 4.88. The fourth-order valence-electron chi connectivity index (χ4n) is 3.12. The molecule has 3 aromatic rings. The first kappa shape index (κ1) is 19.5. The number of quaternary nitrogens is 1. The van der Waals surface area contributed by atoms with Gasteiger partial charge in [-0.05, 0) is 50.6 Å². The predicted molar refractivity (Wildman–Crippen MR) is 109 cm³/mol. The van der Waals surface area contributed by atoms with Gasteiger partial charge in [0.25, 0.3) is 5.91 Å². The number of aryl methyl sites for hydroxylation is 1. The molecule has 0 unspecified atom stereocenters. The maximum atomic E-state index is 13.6. The average molecular weight is 387 g/mol. The molecule has 27 heavy (non-hydrogen) atoms. The number of benzene rings is 2. The predicted octanol–water partition coefficient (Wildman–Crippen LogP) is 3.32. The van der Waals surface area contributed by atoms with Crippen LogP contribution in [0.1, 0.15) is 29.8 Å². The molecule has 4 nitrogen and oxygen atoms in total. The van der Waals surface area contributed by atoms with Crippen molar-refractivity contribution in [1.82, 2.24) is 4.98 Å². The summed E-state index contributed by atoms with van der Waals surface area (Å²) in [6.07, 6.45) is 0. The van der Waals surface area contributed by atoms with E-state index in [1.807, 2.05) is 31.2 Å². The summed E-state index contributed by atoms with van der Waals surface area (Å²) in [5.74, 6) is -0.346. The van der Waals surface area contributed by atoms with E-state index in [-0.39, 0.29) is 11.7 Å². The van der Waals surface area contributed by atoms with Crippen LogP contribution < -0.4 is 9.80 Å². The molecule has 0 spiro atoms. The second kappa shape index (κ2) is 8.59. The quantitative estimate of drug-likeness (QED) is 0.676. The zero-order chi connectivity index (χ0) is 19.4. The molecule has 1 amide bonds. The highest BCUT2D eigenvalue weighted by Crippen LogP contribution is 2.30. The molecule has 3 rings (SSSR count). The van der Waals surface area contributed by atoms with Crippen LogP contribution in [0.3, 0.4) is 0 Å². The van der Waals surface area contributed by atoms with Gasteiger partial charge in [0.15, 0.2) is 5.13 Å². The fraction of sp³-hybridized carbons (Fsp3) is 0.333. The number of likely N-dealkylation sites (N-methyl/N-ethyl adjacent to an activating group) is 1. The van der Waals surface area contributed by atoms with Crippen molar-refractivity contribution in [2.75, 3.05) is 31.1 Å². The first-order valence-electron chi connectivity index (χ1n) is 9.30. The Balaban J connectivity index is 1.97. The summed E-state index contributed by atoms with van der Waals surface area (Å²) in [7, 11) is 0. The van der Waals surface area contributed by atoms with Crippen LogP contribution in [-0.2, 0) is 0 Å². The topological polar surface area (TPSA) is 37.6 Å². The zero-order valence-corrected chi connectivity index (χ0v) is 16.8. The minimum Gasteiger partial charge on any atom is -0.334 e. The molecule has 1 N–H and O–H groups in total. The summed E-state index contributed by atoms with van der Waals surface area (Å²) >= 11 is 1.36. The first-order chi connectivity index (χ1) is 13.0. The van der Waals surface area contributed by atoms with Crippen LogP contribution in [-0.4, -0.2) is 37.1 Å². The van der Waals surface area contributed by atoms with Crippen LogP contribution in [0, 0.1) is 12.7 Å². The minimum absolute atomic E-state index is 0.0563. The van der Waals surface area contributed by atoms with E-state index in [4.69, 9.17) is 0 Å². The van der Waals surface area contributed by atoms with Crippen LogP contribution >= 0.6 is 11.3 Å². The van der Waals surface area contributed by atoms with E-state index in [1.54, 1.807) is 11.0 Å². The SMILES string of the molecule is CC[NH+](CC)CCN(C(=O)c1ccccc1C)c1nc2ccc(F)cc2s1. The number of carbonyl (C=O) groups excluding carboxylic acids is 1. The van der Waals surface area contributed by atoms with Crippen LogP contribution in [0.15, 0.2) is 42.5 Å². The Kier molecular flexibility index (Phi) is 6.19. The number of aromatic nitrogens is 1. The number of carbonyl (C=O) groups is 1. The molecule has 2 aromatic carbocycles. The van der Waals surface area contributed by atoms with Crippen LogP contribution in [0.2, 0.25) is 0 Å². The van der Waals surface area contributed by atoms with E-state index in [9.17, 15) is 9.18 Å². The lowest BCUT2D eigenvalue weighted by Gasteiger charge is -2.23. The van der Waals surface area contributed by atoms with Gasteiger partial charge in [0.2, 0.25) is 0 Å². The van der Waals surface area contributed by atoms with Crippen molar-refractivity contribution < 1.29 is 14.1 Å². The van der Waals surface area contributed by atoms with Gasteiger partial charge in [0.05, 0.1) is 36.4 Å². The van der Waals surface area contributed by atoms with E-state index in [0.717, 1.165) is 29.9 Å². The minimum atomic E-state index is -0.290. The molecule has 0 radical (unpaired) electrons. The molecule has 6 heteroatoms. The Bertz CT molecular complexity index is 936. The summed E-state index contributed by atoms with van der Waals surface area (Å²) in [4.78, 5) is 21.1. The number of thiazole rings is 1. The third-order valence-corrected chi connectivity index (χ3v) is 5.92. The second-order valence-corrected chi connectivity index (χ2v) is 7.60. The number of hydrogen-bond acceptors (Lipinski definition) is 3. The molecule has 0 saturated heterocycles. The zero-order valence-electron chi connectivity index (χ0n) is 16.0. The summed E-state index contributed by atoms with van der Waals surface area (Å²) < 4.78 is 14.3. The van der Waals surface area contributed by atoms with Gasteiger partial charge in [0, 0.05) is 5.56 Å². The van der Waals surface area contributed by atoms with Crippen molar-refractivity contribution in [3.63, 3.8) is 0 Å². The molecule has 1 aromatic heterocycles. The lowest BCUT2D eigenvalue weighted by molar-refractivity contribution is -0.894. The molecule has 1 heterocycles. The molecular weight excluding hydrogens is 361 g/mol. The highest BCUT2D eigenvalue weighted by Gasteiger charge is 2.23. The number of amides is 1. The highest BCUT2D eigenvalue weighted by molar-refractivity contribution is 7.22. The molecule has 0 atom stereocenters. The van der Waals surface area contributed by atoms with Gasteiger partial charge in [-0.2, -0.15) is 0 Å². The standard InChI is InChI=1S/C21H24FN3OS/c1-4-24(5-2)12-13-25(20(26)17-9-7-6-8-15(17)3)21-23-18-11-10-16(22)14-19(18)27-21/h6-11,14H,4-5,12-13H2,1-3H3/p+1. The lowest BCUT2D eigenvalue weighted by atomic mass is 10.1. The summed E-state index contributed by atoms with van der Waals surface area (Å²) in [5, 5.41) is 0.621. The monoisotopic (exact) mass is 386 g/mol. The average Bonchev–Trinajstić information content (AvgIpc) is 3.08. The summed E-state index contributed by atoms with van der Waals surface area (Å²) in [6.45, 7) is 9.66. The maximum Gasteiger partial charge on any atom is 0.260 e. The number of halogens is 1. The van der Waals surface area contributed by atoms with Crippen molar-refractivity contribution >= 4 is 32.6 Å². The molecule has 0 aliphatic heterocycles. The van der Waals surface area contributed by atoms with Crippen molar-refractivity contribution in [1.29, 1.82) is 0 Å². The van der Waals surface area contributed by atoms with Gasteiger partial charge in [-0.1, -0.05) is 29.5 Å². The highest BCUT2D eigenvalue weighted by atomic mass is 32.1. The summed E-state index contributed by atoms with van der Waals surface area (Å²) in [5.41, 5.74) is 2.33. The molecule has 142 valence electrons. The molecule has 0 fully saturated rings. The van der Waals surface area contributed by atoms with Crippen molar-refractivity contribution in [2.45, 2.75) is 20.8 Å². The third kappa shape index (κ3) is 4.34. The molecule has 0 aliphatic carbocycles. The number of nitrogens with one attached hydrogen (secondary N) is 1. The van der Waals surface area contributed by atoms with Gasteiger partial charge >= 0.3 is 0 Å². The van der Waals surface area contributed by atoms with Gasteiger partial charge in [0.1, 0.15) is 5.82 Å². The van der Waals surface area contributed by atoms with E-state index in [2.05, 4.69) is 18.8 Å². The van der Waals surface area contributed by atoms with E-state index in [1.165, 1.54) is 28.4 Å². The van der Waals surface area contributed by atoms with Crippen molar-refractivity contribution in [2.24, 2.45) is 0 Å². The first-order valence-corrected chi connectivity index (χ1v) is 10.1. The Labute approximate surface area is 163 Å². The second-order valence-electron chi connectivity index (χ2n) is 6.59. The largest absolute Gasteiger partial charge is 0.334 e. The Hall–Kier alpha value is -2.31.